The predicted octanol–water partition coefficient (Wildman–Crippen LogP) is 1.82. The lowest BCUT2D eigenvalue weighted by molar-refractivity contribution is 0.0953. The average molecular weight is 266 g/mol. The van der Waals surface area contributed by atoms with Gasteiger partial charge in [0.05, 0.1) is 12.3 Å². The van der Waals surface area contributed by atoms with Gasteiger partial charge in [0.2, 0.25) is 0 Å². The second-order valence-corrected chi connectivity index (χ2v) is 4.07. The third-order valence-corrected chi connectivity index (χ3v) is 2.45. The highest BCUT2D eigenvalue weighted by Gasteiger charge is 2.08. The molecule has 1 aromatic carbocycles. The third-order valence-electron chi connectivity index (χ3n) is 2.45. The topological polar surface area (TPSA) is 73.6 Å². The molecule has 0 radical (unpaired) electrons. The predicted molar refractivity (Wildman–Crippen MR) is 75.5 cm³/mol. The molecule has 0 aromatic heterocycles. The Morgan fingerprint density at radius 2 is 2.05 bits per heavy atom. The highest BCUT2D eigenvalue weighted by Crippen LogP contribution is 2.22. The second-order valence-electron chi connectivity index (χ2n) is 4.07. The van der Waals surface area contributed by atoms with E-state index >= 15 is 0 Å². The number of amides is 1. The first-order valence-corrected chi connectivity index (χ1v) is 6.57. The fraction of sp³-hybridized carbons (Fsp3) is 0.500. The number of nitrogens with two attached hydrogens (primary N) is 1. The number of hydrogen-bond donors (Lipinski definition) is 2. The van der Waals surface area contributed by atoms with Crippen molar-refractivity contribution in [3.8, 4) is 5.75 Å². The lowest BCUT2D eigenvalue weighted by atomic mass is 10.2. The number of benzene rings is 1. The Labute approximate surface area is 114 Å². The van der Waals surface area contributed by atoms with Crippen LogP contribution in [0.4, 0.5) is 5.69 Å². The molecule has 1 rings (SSSR count). The van der Waals surface area contributed by atoms with Crippen LogP contribution in [0.1, 0.15) is 30.6 Å². The number of carbonyl (C=O) groups is 1. The molecule has 0 saturated heterocycles. The van der Waals surface area contributed by atoms with Gasteiger partial charge in [-0.15, -0.1) is 0 Å². The molecule has 19 heavy (non-hydrogen) atoms. The van der Waals surface area contributed by atoms with Crippen molar-refractivity contribution < 1.29 is 14.3 Å². The standard InChI is InChI=1S/C14H22N2O3/c1-3-7-18-8-9-19-13-10-11(5-6-12(13)15)14(17)16-4-2/h5-6,10H,3-4,7-9,15H2,1-2H3,(H,16,17). The zero-order valence-electron chi connectivity index (χ0n) is 11.6. The van der Waals surface area contributed by atoms with Gasteiger partial charge in [-0.3, -0.25) is 4.79 Å². The van der Waals surface area contributed by atoms with Crippen LogP contribution in [0.15, 0.2) is 18.2 Å². The summed E-state index contributed by atoms with van der Waals surface area (Å²) in [7, 11) is 0. The van der Waals surface area contributed by atoms with Crippen LogP contribution in [-0.2, 0) is 4.74 Å². The van der Waals surface area contributed by atoms with Crippen LogP contribution in [0.2, 0.25) is 0 Å². The zero-order valence-corrected chi connectivity index (χ0v) is 11.6. The van der Waals surface area contributed by atoms with Crippen LogP contribution in [0.5, 0.6) is 5.75 Å². The number of nitrogen functional groups attached to an aromatic ring is 1. The molecule has 1 amide bonds. The molecule has 0 fully saturated rings. The molecule has 0 aliphatic heterocycles. The van der Waals surface area contributed by atoms with Gasteiger partial charge in [-0.05, 0) is 31.5 Å². The number of rotatable bonds is 8. The van der Waals surface area contributed by atoms with Gasteiger partial charge >= 0.3 is 0 Å². The van der Waals surface area contributed by atoms with Gasteiger partial charge in [0, 0.05) is 18.7 Å². The van der Waals surface area contributed by atoms with Crippen LogP contribution in [0, 0.1) is 0 Å². The SMILES string of the molecule is CCCOCCOc1cc(C(=O)NCC)ccc1N. The van der Waals surface area contributed by atoms with Crippen molar-refractivity contribution in [2.24, 2.45) is 0 Å². The summed E-state index contributed by atoms with van der Waals surface area (Å²) in [6, 6.07) is 5.01. The smallest absolute Gasteiger partial charge is 0.251 e. The van der Waals surface area contributed by atoms with Crippen molar-refractivity contribution in [2.45, 2.75) is 20.3 Å². The van der Waals surface area contributed by atoms with Crippen molar-refractivity contribution in [2.75, 3.05) is 32.1 Å². The molecule has 5 nitrogen and oxygen atoms in total. The fourth-order valence-corrected chi connectivity index (χ4v) is 1.52. The van der Waals surface area contributed by atoms with Crippen LogP contribution in [0.3, 0.4) is 0 Å². The lowest BCUT2D eigenvalue weighted by Crippen LogP contribution is -2.22. The van der Waals surface area contributed by atoms with Crippen molar-refractivity contribution in [1.82, 2.24) is 5.32 Å². The van der Waals surface area contributed by atoms with E-state index in [1.165, 1.54) is 0 Å². The molecule has 0 aliphatic rings. The van der Waals surface area contributed by atoms with E-state index in [-0.39, 0.29) is 5.91 Å². The van der Waals surface area contributed by atoms with Crippen LogP contribution in [0.25, 0.3) is 0 Å². The molecular weight excluding hydrogens is 244 g/mol. The summed E-state index contributed by atoms with van der Waals surface area (Å²) in [6.45, 7) is 6.16. The molecule has 0 saturated carbocycles. The van der Waals surface area contributed by atoms with E-state index < -0.39 is 0 Å². The number of anilines is 1. The van der Waals surface area contributed by atoms with E-state index in [4.69, 9.17) is 15.2 Å². The van der Waals surface area contributed by atoms with Gasteiger partial charge in [-0.2, -0.15) is 0 Å². The molecule has 0 heterocycles. The summed E-state index contributed by atoms with van der Waals surface area (Å²) < 4.78 is 10.8. The minimum atomic E-state index is -0.130. The van der Waals surface area contributed by atoms with Crippen molar-refractivity contribution in [3.63, 3.8) is 0 Å². The summed E-state index contributed by atoms with van der Waals surface area (Å²) >= 11 is 0. The summed E-state index contributed by atoms with van der Waals surface area (Å²) in [5.41, 5.74) is 6.87. The number of nitrogens with one attached hydrogen (secondary N) is 1. The Morgan fingerprint density at radius 1 is 1.26 bits per heavy atom. The molecule has 5 heteroatoms. The first kappa shape index (κ1) is 15.3. The summed E-state index contributed by atoms with van der Waals surface area (Å²) in [5.74, 6) is 0.387. The summed E-state index contributed by atoms with van der Waals surface area (Å²) in [4.78, 5) is 11.7. The van der Waals surface area contributed by atoms with Crippen molar-refractivity contribution >= 4 is 11.6 Å². The quantitative estimate of drug-likeness (QED) is 0.556. The first-order chi connectivity index (χ1) is 9.19. The van der Waals surface area contributed by atoms with Crippen molar-refractivity contribution in [1.29, 1.82) is 0 Å². The van der Waals surface area contributed by atoms with E-state index in [0.717, 1.165) is 13.0 Å². The first-order valence-electron chi connectivity index (χ1n) is 6.57. The van der Waals surface area contributed by atoms with Gasteiger partial charge in [0.25, 0.3) is 5.91 Å². The van der Waals surface area contributed by atoms with Gasteiger partial charge in [0.15, 0.2) is 0 Å². The minimum Gasteiger partial charge on any atom is -0.489 e. The molecule has 0 bridgehead atoms. The highest BCUT2D eigenvalue weighted by atomic mass is 16.5. The summed E-state index contributed by atoms with van der Waals surface area (Å²) in [5, 5.41) is 2.73. The Hall–Kier alpha value is -1.75. The number of carbonyl (C=O) groups excluding carboxylic acids is 1. The summed E-state index contributed by atoms with van der Waals surface area (Å²) in [6.07, 6.45) is 0.981. The molecule has 0 unspecified atom stereocenters. The Morgan fingerprint density at radius 3 is 2.74 bits per heavy atom. The zero-order chi connectivity index (χ0) is 14.1. The van der Waals surface area contributed by atoms with E-state index in [0.29, 0.717) is 36.8 Å². The molecule has 106 valence electrons. The fourth-order valence-electron chi connectivity index (χ4n) is 1.52. The Kier molecular flexibility index (Phi) is 6.74. The van der Waals surface area contributed by atoms with Crippen LogP contribution >= 0.6 is 0 Å². The lowest BCUT2D eigenvalue weighted by Gasteiger charge is -2.11. The van der Waals surface area contributed by atoms with Crippen LogP contribution in [-0.4, -0.2) is 32.3 Å². The average Bonchev–Trinajstić information content (AvgIpc) is 2.40. The Balaban J connectivity index is 2.56. The van der Waals surface area contributed by atoms with E-state index in [2.05, 4.69) is 12.2 Å². The van der Waals surface area contributed by atoms with E-state index in [1.54, 1.807) is 18.2 Å². The molecule has 3 N–H and O–H groups in total. The monoisotopic (exact) mass is 266 g/mol. The normalized spacial score (nSPS) is 10.2. The van der Waals surface area contributed by atoms with Gasteiger partial charge in [-0.25, -0.2) is 0 Å². The third kappa shape index (κ3) is 5.18. The molecular formula is C14H22N2O3. The number of ether oxygens (including phenoxy) is 2. The van der Waals surface area contributed by atoms with Crippen LogP contribution < -0.4 is 15.8 Å². The van der Waals surface area contributed by atoms with Gasteiger partial charge < -0.3 is 20.5 Å². The molecule has 1 aromatic rings. The maximum Gasteiger partial charge on any atom is 0.251 e. The maximum atomic E-state index is 11.7. The minimum absolute atomic E-state index is 0.130. The highest BCUT2D eigenvalue weighted by molar-refractivity contribution is 5.95. The molecule has 0 aliphatic carbocycles. The second kappa shape index (κ2) is 8.37. The number of hydrogen-bond acceptors (Lipinski definition) is 4. The van der Waals surface area contributed by atoms with E-state index in [9.17, 15) is 4.79 Å². The molecule has 0 spiro atoms. The van der Waals surface area contributed by atoms with Crippen molar-refractivity contribution in [3.05, 3.63) is 23.8 Å². The largest absolute Gasteiger partial charge is 0.489 e. The maximum absolute atomic E-state index is 11.7. The van der Waals surface area contributed by atoms with Gasteiger partial charge in [0.1, 0.15) is 12.4 Å². The van der Waals surface area contributed by atoms with Gasteiger partial charge in [-0.1, -0.05) is 6.92 Å². The van der Waals surface area contributed by atoms with E-state index in [1.807, 2.05) is 6.92 Å². The Bertz CT molecular complexity index is 408. The molecule has 0 atom stereocenters.